The van der Waals surface area contributed by atoms with Crippen molar-refractivity contribution in [1.29, 1.82) is 0 Å². The van der Waals surface area contributed by atoms with Crippen LogP contribution in [0.3, 0.4) is 0 Å². The van der Waals surface area contributed by atoms with Gasteiger partial charge in [-0.3, -0.25) is 0 Å². The van der Waals surface area contributed by atoms with Crippen LogP contribution in [0.1, 0.15) is 23.7 Å². The van der Waals surface area contributed by atoms with Gasteiger partial charge in [-0.1, -0.05) is 0 Å². The fourth-order valence-corrected chi connectivity index (χ4v) is 1.89. The van der Waals surface area contributed by atoms with E-state index in [-0.39, 0.29) is 11.6 Å². The maximum Gasteiger partial charge on any atom is 0.335 e. The standard InChI is InChI=1S/C12H16BrNO3/c1-8(5-6-17-2)14-11-4-3-9(12(15)16)7-10(11)13/h3-4,7-8,14H,5-6H2,1-2H3,(H,15,16). The molecular formula is C12H16BrNO3. The number of ether oxygens (including phenoxy) is 1. The van der Waals surface area contributed by atoms with E-state index in [1.54, 1.807) is 25.3 Å². The number of methoxy groups -OCH3 is 1. The summed E-state index contributed by atoms with van der Waals surface area (Å²) < 4.78 is 5.75. The average molecular weight is 302 g/mol. The molecule has 0 amide bonds. The van der Waals surface area contributed by atoms with Crippen LogP contribution in [0.5, 0.6) is 0 Å². The first kappa shape index (κ1) is 14.0. The lowest BCUT2D eigenvalue weighted by Crippen LogP contribution is -2.17. The van der Waals surface area contributed by atoms with Crippen molar-refractivity contribution >= 4 is 27.6 Å². The van der Waals surface area contributed by atoms with Crippen molar-refractivity contribution in [3.05, 3.63) is 28.2 Å². The topological polar surface area (TPSA) is 58.6 Å². The molecule has 17 heavy (non-hydrogen) atoms. The molecular weight excluding hydrogens is 286 g/mol. The molecule has 4 nitrogen and oxygen atoms in total. The quantitative estimate of drug-likeness (QED) is 0.848. The summed E-state index contributed by atoms with van der Waals surface area (Å²) in [7, 11) is 1.67. The molecule has 0 aliphatic rings. The second-order valence-electron chi connectivity index (χ2n) is 3.83. The van der Waals surface area contributed by atoms with E-state index in [1.807, 2.05) is 0 Å². The summed E-state index contributed by atoms with van der Waals surface area (Å²) in [6, 6.07) is 5.20. The number of benzene rings is 1. The van der Waals surface area contributed by atoms with Gasteiger partial charge in [-0.15, -0.1) is 0 Å². The molecule has 0 spiro atoms. The van der Waals surface area contributed by atoms with Gasteiger partial charge >= 0.3 is 5.97 Å². The van der Waals surface area contributed by atoms with Crippen LogP contribution in [0, 0.1) is 0 Å². The molecule has 0 aliphatic carbocycles. The number of hydrogen-bond donors (Lipinski definition) is 2. The molecule has 1 unspecified atom stereocenters. The van der Waals surface area contributed by atoms with Crippen molar-refractivity contribution in [2.45, 2.75) is 19.4 Å². The molecule has 1 aromatic carbocycles. The molecule has 0 saturated carbocycles. The zero-order valence-electron chi connectivity index (χ0n) is 9.87. The first-order valence-electron chi connectivity index (χ1n) is 5.33. The highest BCUT2D eigenvalue weighted by atomic mass is 79.9. The first-order valence-corrected chi connectivity index (χ1v) is 6.12. The Morgan fingerprint density at radius 1 is 1.59 bits per heavy atom. The van der Waals surface area contributed by atoms with Gasteiger partial charge in [-0.05, 0) is 47.5 Å². The number of aromatic carboxylic acids is 1. The monoisotopic (exact) mass is 301 g/mol. The molecule has 0 fully saturated rings. The molecule has 0 radical (unpaired) electrons. The minimum atomic E-state index is -0.926. The number of nitrogens with one attached hydrogen (secondary N) is 1. The Morgan fingerprint density at radius 2 is 2.29 bits per heavy atom. The van der Waals surface area contributed by atoms with Gasteiger partial charge in [-0.2, -0.15) is 0 Å². The molecule has 0 saturated heterocycles. The first-order chi connectivity index (χ1) is 8.04. The maximum atomic E-state index is 10.8. The van der Waals surface area contributed by atoms with Gasteiger partial charge in [0.2, 0.25) is 0 Å². The molecule has 1 aromatic rings. The van der Waals surface area contributed by atoms with E-state index in [2.05, 4.69) is 28.2 Å². The number of halogens is 1. The maximum absolute atomic E-state index is 10.8. The summed E-state index contributed by atoms with van der Waals surface area (Å²) >= 11 is 3.36. The summed E-state index contributed by atoms with van der Waals surface area (Å²) in [5.74, 6) is -0.926. The van der Waals surface area contributed by atoms with Crippen molar-refractivity contribution < 1.29 is 14.6 Å². The van der Waals surface area contributed by atoms with Crippen LogP contribution in [-0.4, -0.2) is 30.8 Å². The Labute approximate surface area is 109 Å². The third-order valence-electron chi connectivity index (χ3n) is 2.37. The fraction of sp³-hybridized carbons (Fsp3) is 0.417. The summed E-state index contributed by atoms with van der Waals surface area (Å²) in [4.78, 5) is 10.8. The van der Waals surface area contributed by atoms with Gasteiger partial charge in [0.05, 0.1) is 5.56 Å². The molecule has 1 atom stereocenters. The second-order valence-corrected chi connectivity index (χ2v) is 4.68. The average Bonchev–Trinajstić information content (AvgIpc) is 2.28. The SMILES string of the molecule is COCCC(C)Nc1ccc(C(=O)O)cc1Br. The summed E-state index contributed by atoms with van der Waals surface area (Å²) in [5, 5.41) is 12.1. The Kier molecular flexibility index (Phi) is 5.44. The van der Waals surface area contributed by atoms with Gasteiger partial charge in [0.25, 0.3) is 0 Å². The van der Waals surface area contributed by atoms with Crippen LogP contribution >= 0.6 is 15.9 Å². The zero-order chi connectivity index (χ0) is 12.8. The van der Waals surface area contributed by atoms with Crippen molar-refractivity contribution in [3.63, 3.8) is 0 Å². The number of carbonyl (C=O) groups is 1. The summed E-state index contributed by atoms with van der Waals surface area (Å²) in [5.41, 5.74) is 1.16. The number of rotatable bonds is 6. The van der Waals surface area contributed by atoms with Crippen LogP contribution in [0.4, 0.5) is 5.69 Å². The largest absolute Gasteiger partial charge is 0.478 e. The number of carboxylic acids is 1. The summed E-state index contributed by atoms with van der Waals surface area (Å²) in [6.45, 7) is 2.75. The Balaban J connectivity index is 2.69. The van der Waals surface area contributed by atoms with Gasteiger partial charge in [0.1, 0.15) is 0 Å². The molecule has 0 bridgehead atoms. The van der Waals surface area contributed by atoms with E-state index in [0.717, 1.165) is 16.6 Å². The number of carboxylic acid groups (broad SMARTS) is 1. The van der Waals surface area contributed by atoms with Gasteiger partial charge in [0.15, 0.2) is 0 Å². The second kappa shape index (κ2) is 6.61. The van der Waals surface area contributed by atoms with Crippen LogP contribution in [-0.2, 0) is 4.74 Å². The van der Waals surface area contributed by atoms with Crippen molar-refractivity contribution in [2.75, 3.05) is 19.0 Å². The number of anilines is 1. The lowest BCUT2D eigenvalue weighted by molar-refractivity contribution is 0.0697. The lowest BCUT2D eigenvalue weighted by atomic mass is 10.2. The predicted octanol–water partition coefficient (Wildman–Crippen LogP) is 2.98. The predicted molar refractivity (Wildman–Crippen MR) is 70.7 cm³/mol. The van der Waals surface area contributed by atoms with Crippen molar-refractivity contribution in [1.82, 2.24) is 0 Å². The molecule has 1 rings (SSSR count). The summed E-state index contributed by atoms with van der Waals surface area (Å²) in [6.07, 6.45) is 0.892. The molecule has 2 N–H and O–H groups in total. The minimum absolute atomic E-state index is 0.266. The van der Waals surface area contributed by atoms with E-state index in [0.29, 0.717) is 6.61 Å². The highest BCUT2D eigenvalue weighted by molar-refractivity contribution is 9.10. The van der Waals surface area contributed by atoms with Gasteiger partial charge in [0, 0.05) is 29.9 Å². The third-order valence-corrected chi connectivity index (χ3v) is 3.03. The lowest BCUT2D eigenvalue weighted by Gasteiger charge is -2.16. The Morgan fingerprint density at radius 3 is 2.82 bits per heavy atom. The smallest absolute Gasteiger partial charge is 0.335 e. The van der Waals surface area contributed by atoms with E-state index in [1.165, 1.54) is 0 Å². The molecule has 94 valence electrons. The van der Waals surface area contributed by atoms with Crippen LogP contribution in [0.2, 0.25) is 0 Å². The molecule has 0 aliphatic heterocycles. The van der Waals surface area contributed by atoms with Gasteiger partial charge < -0.3 is 15.2 Å². The van der Waals surface area contributed by atoms with Crippen LogP contribution in [0.25, 0.3) is 0 Å². The van der Waals surface area contributed by atoms with Crippen LogP contribution < -0.4 is 5.32 Å². The third kappa shape index (κ3) is 4.36. The Hall–Kier alpha value is -1.07. The minimum Gasteiger partial charge on any atom is -0.478 e. The number of hydrogen-bond acceptors (Lipinski definition) is 3. The highest BCUT2D eigenvalue weighted by Gasteiger charge is 2.08. The normalized spacial score (nSPS) is 12.2. The highest BCUT2D eigenvalue weighted by Crippen LogP contribution is 2.24. The zero-order valence-corrected chi connectivity index (χ0v) is 11.5. The van der Waals surface area contributed by atoms with E-state index >= 15 is 0 Å². The van der Waals surface area contributed by atoms with Crippen LogP contribution in [0.15, 0.2) is 22.7 Å². The van der Waals surface area contributed by atoms with Crippen molar-refractivity contribution in [3.8, 4) is 0 Å². The van der Waals surface area contributed by atoms with E-state index in [9.17, 15) is 4.79 Å². The fourth-order valence-electron chi connectivity index (χ4n) is 1.40. The molecule has 0 heterocycles. The van der Waals surface area contributed by atoms with E-state index in [4.69, 9.17) is 9.84 Å². The molecule has 5 heteroatoms. The van der Waals surface area contributed by atoms with E-state index < -0.39 is 5.97 Å². The Bertz CT molecular complexity index is 395. The van der Waals surface area contributed by atoms with Gasteiger partial charge in [-0.25, -0.2) is 4.79 Å². The molecule has 0 aromatic heterocycles. The van der Waals surface area contributed by atoms with Crippen molar-refractivity contribution in [2.24, 2.45) is 0 Å².